The summed E-state index contributed by atoms with van der Waals surface area (Å²) in [7, 11) is 0. The minimum Gasteiger partial charge on any atom is -0.387 e. The Labute approximate surface area is 271 Å². The molecule has 0 aromatic heterocycles. The van der Waals surface area contributed by atoms with Crippen molar-refractivity contribution >= 4 is 0 Å². The fraction of sp³-hybridized carbons (Fsp3) is 1.00. The lowest BCUT2D eigenvalue weighted by Gasteiger charge is -2.51. The molecule has 10 nitrogen and oxygen atoms in total. The maximum Gasteiger partial charge on any atom is 0.184 e. The average molecular weight is 645 g/mol. The maximum absolute atomic E-state index is 11.6. The van der Waals surface area contributed by atoms with Gasteiger partial charge in [0.25, 0.3) is 0 Å². The van der Waals surface area contributed by atoms with Gasteiger partial charge in [0.2, 0.25) is 0 Å². The van der Waals surface area contributed by atoms with Gasteiger partial charge in [-0.05, 0) is 43.4 Å². The molecule has 0 bridgehead atoms. The molecule has 0 amide bonds. The van der Waals surface area contributed by atoms with Crippen LogP contribution in [0.25, 0.3) is 0 Å². The lowest BCUT2D eigenvalue weighted by molar-refractivity contribution is -0.365. The van der Waals surface area contributed by atoms with Crippen LogP contribution in [0.3, 0.4) is 0 Å². The van der Waals surface area contributed by atoms with Crippen LogP contribution in [0.5, 0.6) is 0 Å². The van der Waals surface area contributed by atoms with E-state index in [-0.39, 0.29) is 72.5 Å². The summed E-state index contributed by atoms with van der Waals surface area (Å²) in [4.78, 5) is 0. The minimum atomic E-state index is -1.23. The number of aliphatic hydroxyl groups is 3. The molecule has 3 N–H and O–H groups in total. The van der Waals surface area contributed by atoms with Gasteiger partial charge in [-0.25, -0.2) is 0 Å². The van der Waals surface area contributed by atoms with Crippen LogP contribution in [0.2, 0.25) is 0 Å². The van der Waals surface area contributed by atoms with Crippen LogP contribution < -0.4 is 0 Å². The molecule has 45 heavy (non-hydrogen) atoms. The Morgan fingerprint density at radius 3 is 1.29 bits per heavy atom. The highest BCUT2D eigenvalue weighted by atomic mass is 16.7. The zero-order valence-electron chi connectivity index (χ0n) is 29.6. The second kappa shape index (κ2) is 15.9. The van der Waals surface area contributed by atoms with Gasteiger partial charge in [-0.2, -0.15) is 0 Å². The molecule has 0 spiro atoms. The zero-order chi connectivity index (χ0) is 33.3. The van der Waals surface area contributed by atoms with Gasteiger partial charge < -0.3 is 48.5 Å². The highest BCUT2D eigenvalue weighted by molar-refractivity contribution is 4.94. The van der Waals surface area contributed by atoms with Crippen molar-refractivity contribution in [1.29, 1.82) is 0 Å². The molecule has 4 aliphatic rings. The smallest absolute Gasteiger partial charge is 0.184 e. The summed E-state index contributed by atoms with van der Waals surface area (Å²) in [5, 5.41) is 32.2. The zero-order valence-corrected chi connectivity index (χ0v) is 29.6. The summed E-state index contributed by atoms with van der Waals surface area (Å²) in [6, 6.07) is 0. The van der Waals surface area contributed by atoms with Crippen LogP contribution in [0.4, 0.5) is 0 Å². The lowest BCUT2D eigenvalue weighted by atomic mass is 9.78. The molecular formula is C35H64O10. The Kier molecular flexibility index (Phi) is 13.2. The number of ether oxygens (including phenoxy) is 7. The van der Waals surface area contributed by atoms with E-state index in [0.717, 1.165) is 6.42 Å². The second-order valence-electron chi connectivity index (χ2n) is 14.6. The molecule has 20 atom stereocenters. The van der Waals surface area contributed by atoms with E-state index in [1.54, 1.807) is 0 Å². The van der Waals surface area contributed by atoms with Crippen LogP contribution >= 0.6 is 0 Å². The first kappa shape index (κ1) is 37.4. The topological polar surface area (TPSA) is 125 Å². The Balaban J connectivity index is 1.43. The van der Waals surface area contributed by atoms with Gasteiger partial charge in [0.05, 0.1) is 42.7 Å². The summed E-state index contributed by atoms with van der Waals surface area (Å²) in [6.07, 6.45) is -3.71. The Hall–Kier alpha value is -0.400. The number of rotatable bonds is 10. The second-order valence-corrected chi connectivity index (χ2v) is 14.6. The number of aliphatic hydroxyl groups excluding tert-OH is 3. The third-order valence-electron chi connectivity index (χ3n) is 12.0. The van der Waals surface area contributed by atoms with Crippen molar-refractivity contribution in [3.63, 3.8) is 0 Å². The Morgan fingerprint density at radius 1 is 0.400 bits per heavy atom. The summed E-state index contributed by atoms with van der Waals surface area (Å²) in [5.41, 5.74) is 0. The van der Waals surface area contributed by atoms with Crippen LogP contribution in [0.15, 0.2) is 0 Å². The quantitative estimate of drug-likeness (QED) is 0.304. The van der Waals surface area contributed by atoms with Crippen molar-refractivity contribution in [2.45, 2.75) is 182 Å². The minimum absolute atomic E-state index is 0.0233. The molecule has 0 aromatic carbocycles. The van der Waals surface area contributed by atoms with E-state index in [1.165, 1.54) is 0 Å². The van der Waals surface area contributed by atoms with Crippen LogP contribution in [-0.2, 0) is 33.2 Å². The molecule has 4 saturated heterocycles. The van der Waals surface area contributed by atoms with E-state index in [2.05, 4.69) is 55.4 Å². The van der Waals surface area contributed by atoms with Crippen LogP contribution in [-0.4, -0.2) is 95.4 Å². The fourth-order valence-electron chi connectivity index (χ4n) is 7.96. The van der Waals surface area contributed by atoms with Gasteiger partial charge in [-0.3, -0.25) is 0 Å². The summed E-state index contributed by atoms with van der Waals surface area (Å²) in [5.74, 6) is 0.563. The van der Waals surface area contributed by atoms with Crippen molar-refractivity contribution < 1.29 is 48.5 Å². The Bertz CT molecular complexity index is 900. The van der Waals surface area contributed by atoms with Crippen LogP contribution in [0.1, 0.15) is 102 Å². The molecule has 4 heterocycles. The van der Waals surface area contributed by atoms with E-state index in [4.69, 9.17) is 33.2 Å². The highest BCUT2D eigenvalue weighted by Gasteiger charge is 2.51. The molecule has 4 rings (SSSR count). The monoisotopic (exact) mass is 644 g/mol. The van der Waals surface area contributed by atoms with Gasteiger partial charge in [-0.1, -0.05) is 76.2 Å². The normalized spacial score (nSPS) is 52.9. The first-order chi connectivity index (χ1) is 21.3. The van der Waals surface area contributed by atoms with Crippen molar-refractivity contribution in [1.82, 2.24) is 0 Å². The maximum atomic E-state index is 11.6. The SMILES string of the molecule is CCC1O[C@H](O[C@@H]2C(CC)O[C@H](O[C@H]3C(CC)O[C@@H](O[C@H]4C(CC)OC(O)C(O)[C@H]4C)C(C)[C@H]3C)C(O)C2C)C(C)C(C)[C@@H]1C. The molecule has 0 aliphatic carbocycles. The van der Waals surface area contributed by atoms with E-state index in [1.807, 2.05) is 20.8 Å². The molecule has 4 fully saturated rings. The number of hydrogen-bond donors (Lipinski definition) is 3. The van der Waals surface area contributed by atoms with Gasteiger partial charge in [0.1, 0.15) is 12.2 Å². The van der Waals surface area contributed by atoms with Gasteiger partial charge in [0.15, 0.2) is 25.2 Å². The first-order valence-corrected chi connectivity index (χ1v) is 17.9. The molecule has 10 heteroatoms. The predicted molar refractivity (Wildman–Crippen MR) is 169 cm³/mol. The third kappa shape index (κ3) is 7.61. The number of hydrogen-bond acceptors (Lipinski definition) is 10. The van der Waals surface area contributed by atoms with E-state index < -0.39 is 37.2 Å². The molecule has 4 aliphatic heterocycles. The van der Waals surface area contributed by atoms with Crippen molar-refractivity contribution in [3.05, 3.63) is 0 Å². The van der Waals surface area contributed by atoms with E-state index in [0.29, 0.717) is 31.1 Å². The molecule has 264 valence electrons. The molecular weight excluding hydrogens is 580 g/mol. The standard InChI is InChI=1S/C35H64O10/c1-12-23-17(6)16(5)19(8)33(40-23)44-31-22(11)28(37)35(42-26(31)15-4)45-29-18(7)20(9)34(41-25(29)14-3)43-30-21(10)27(36)32(38)39-24(30)13-2/h16-38H,12-15H2,1-11H3/t16?,17-,18+,19?,20?,21+,22?,23?,24?,25?,26?,27?,28?,29+,30+,31-,32?,33+,34-,35+/m0/s1. The molecule has 0 aromatic rings. The first-order valence-electron chi connectivity index (χ1n) is 17.9. The molecule has 0 saturated carbocycles. The Morgan fingerprint density at radius 2 is 0.778 bits per heavy atom. The molecule has 0 radical (unpaired) electrons. The van der Waals surface area contributed by atoms with Crippen molar-refractivity contribution in [2.75, 3.05) is 0 Å². The van der Waals surface area contributed by atoms with Crippen LogP contribution in [0, 0.1) is 41.4 Å². The van der Waals surface area contributed by atoms with Crippen molar-refractivity contribution in [2.24, 2.45) is 41.4 Å². The lowest BCUT2D eigenvalue weighted by Crippen LogP contribution is -2.61. The largest absolute Gasteiger partial charge is 0.387 e. The van der Waals surface area contributed by atoms with Gasteiger partial charge in [0, 0.05) is 23.7 Å². The van der Waals surface area contributed by atoms with Crippen molar-refractivity contribution in [3.8, 4) is 0 Å². The van der Waals surface area contributed by atoms with Gasteiger partial charge in [-0.15, -0.1) is 0 Å². The summed E-state index contributed by atoms with van der Waals surface area (Å²) >= 11 is 0. The molecule has 11 unspecified atom stereocenters. The predicted octanol–water partition coefficient (Wildman–Crippen LogP) is 4.85. The highest BCUT2D eigenvalue weighted by Crippen LogP contribution is 2.42. The van der Waals surface area contributed by atoms with E-state index >= 15 is 0 Å². The van der Waals surface area contributed by atoms with E-state index in [9.17, 15) is 15.3 Å². The van der Waals surface area contributed by atoms with Gasteiger partial charge >= 0.3 is 0 Å². The summed E-state index contributed by atoms with van der Waals surface area (Å²) < 4.78 is 45.0. The average Bonchev–Trinajstić information content (AvgIpc) is 3.03. The third-order valence-corrected chi connectivity index (χ3v) is 12.0. The summed E-state index contributed by atoms with van der Waals surface area (Å²) in [6.45, 7) is 23.1. The fourth-order valence-corrected chi connectivity index (χ4v) is 7.96.